The number of benzene rings is 1. The van der Waals surface area contributed by atoms with Crippen LogP contribution < -0.4 is 11.2 Å². The van der Waals surface area contributed by atoms with Crippen LogP contribution in [-0.2, 0) is 24.2 Å². The van der Waals surface area contributed by atoms with Crippen molar-refractivity contribution in [2.45, 2.75) is 19.4 Å². The molecule has 21 heavy (non-hydrogen) atoms. The second-order valence-corrected chi connectivity index (χ2v) is 5.12. The molecular formula is C15H15N3O3. The van der Waals surface area contributed by atoms with Gasteiger partial charge in [0.25, 0.3) is 5.56 Å². The topological polar surface area (TPSA) is 86.0 Å². The second-order valence-electron chi connectivity index (χ2n) is 5.12. The van der Waals surface area contributed by atoms with Crippen molar-refractivity contribution in [2.75, 3.05) is 6.54 Å². The Morgan fingerprint density at radius 1 is 1.14 bits per heavy atom. The number of nitrogens with one attached hydrogen (secondary N) is 2. The van der Waals surface area contributed by atoms with Crippen LogP contribution in [0.4, 0.5) is 0 Å². The van der Waals surface area contributed by atoms with Crippen molar-refractivity contribution in [1.82, 2.24) is 14.9 Å². The zero-order valence-corrected chi connectivity index (χ0v) is 11.4. The molecule has 0 fully saturated rings. The lowest BCUT2D eigenvalue weighted by Gasteiger charge is -2.28. The van der Waals surface area contributed by atoms with Gasteiger partial charge in [-0.1, -0.05) is 24.3 Å². The van der Waals surface area contributed by atoms with Crippen LogP contribution in [0.3, 0.4) is 0 Å². The third kappa shape index (κ3) is 2.94. The van der Waals surface area contributed by atoms with Gasteiger partial charge in [-0.15, -0.1) is 0 Å². The Morgan fingerprint density at radius 3 is 2.67 bits per heavy atom. The molecule has 2 N–H and O–H groups in total. The standard InChI is InChI=1S/C15H15N3O3/c19-13-7-12(16-15(21)17-13)8-14(20)18-6-5-10-3-1-2-4-11(10)9-18/h1-4,7H,5-6,8-9H2,(H2,16,17,19,21). The minimum Gasteiger partial charge on any atom is -0.338 e. The Hall–Kier alpha value is -2.63. The van der Waals surface area contributed by atoms with Gasteiger partial charge in [-0.2, -0.15) is 0 Å². The quantitative estimate of drug-likeness (QED) is 0.826. The molecule has 0 saturated heterocycles. The van der Waals surface area contributed by atoms with Crippen LogP contribution >= 0.6 is 0 Å². The van der Waals surface area contributed by atoms with Gasteiger partial charge in [-0.3, -0.25) is 14.6 Å². The highest BCUT2D eigenvalue weighted by molar-refractivity contribution is 5.78. The van der Waals surface area contributed by atoms with Gasteiger partial charge in [-0.05, 0) is 17.5 Å². The van der Waals surface area contributed by atoms with E-state index in [0.29, 0.717) is 18.8 Å². The average molecular weight is 285 g/mol. The molecule has 1 aromatic heterocycles. The van der Waals surface area contributed by atoms with Gasteiger partial charge < -0.3 is 9.88 Å². The summed E-state index contributed by atoms with van der Waals surface area (Å²) in [6.07, 6.45) is 0.856. The number of carbonyl (C=O) groups excluding carboxylic acids is 1. The average Bonchev–Trinajstić information content (AvgIpc) is 2.45. The molecule has 0 bridgehead atoms. The Balaban J connectivity index is 1.75. The first-order valence-electron chi connectivity index (χ1n) is 6.79. The highest BCUT2D eigenvalue weighted by Crippen LogP contribution is 2.18. The van der Waals surface area contributed by atoms with Gasteiger partial charge in [0.1, 0.15) is 0 Å². The molecule has 0 unspecified atom stereocenters. The van der Waals surface area contributed by atoms with E-state index < -0.39 is 11.2 Å². The lowest BCUT2D eigenvalue weighted by molar-refractivity contribution is -0.131. The van der Waals surface area contributed by atoms with Gasteiger partial charge in [0, 0.05) is 24.8 Å². The van der Waals surface area contributed by atoms with Gasteiger partial charge in [0.05, 0.1) is 6.42 Å². The Morgan fingerprint density at radius 2 is 1.90 bits per heavy atom. The van der Waals surface area contributed by atoms with E-state index in [-0.39, 0.29) is 12.3 Å². The van der Waals surface area contributed by atoms with Crippen LogP contribution in [0.15, 0.2) is 39.9 Å². The summed E-state index contributed by atoms with van der Waals surface area (Å²) in [6, 6.07) is 9.30. The predicted molar refractivity (Wildman–Crippen MR) is 77.0 cm³/mol. The lowest BCUT2D eigenvalue weighted by Crippen LogP contribution is -2.37. The molecular weight excluding hydrogens is 270 g/mol. The summed E-state index contributed by atoms with van der Waals surface area (Å²) in [5.41, 5.74) is 1.68. The van der Waals surface area contributed by atoms with Gasteiger partial charge in [0.2, 0.25) is 5.91 Å². The van der Waals surface area contributed by atoms with Gasteiger partial charge in [0.15, 0.2) is 0 Å². The molecule has 1 aliphatic heterocycles. The summed E-state index contributed by atoms with van der Waals surface area (Å²) in [7, 11) is 0. The van der Waals surface area contributed by atoms with E-state index in [1.165, 1.54) is 11.6 Å². The van der Waals surface area contributed by atoms with Gasteiger partial charge >= 0.3 is 5.69 Å². The molecule has 2 aromatic rings. The molecule has 108 valence electrons. The van der Waals surface area contributed by atoms with Crippen molar-refractivity contribution in [2.24, 2.45) is 0 Å². The zero-order valence-electron chi connectivity index (χ0n) is 11.4. The summed E-state index contributed by atoms with van der Waals surface area (Å²) in [5, 5.41) is 0. The van der Waals surface area contributed by atoms with Crippen molar-refractivity contribution in [3.8, 4) is 0 Å². The minimum atomic E-state index is -0.589. The molecule has 0 saturated carbocycles. The third-order valence-corrected chi connectivity index (χ3v) is 3.64. The summed E-state index contributed by atoms with van der Waals surface area (Å²) in [5.74, 6) is -0.0919. The fraction of sp³-hybridized carbons (Fsp3) is 0.267. The maximum Gasteiger partial charge on any atom is 0.325 e. The van der Waals surface area contributed by atoms with E-state index >= 15 is 0 Å². The van der Waals surface area contributed by atoms with E-state index in [9.17, 15) is 14.4 Å². The van der Waals surface area contributed by atoms with Crippen LogP contribution in [0, 0.1) is 0 Å². The lowest BCUT2D eigenvalue weighted by atomic mass is 9.99. The fourth-order valence-electron chi connectivity index (χ4n) is 2.60. The Labute approximate surface area is 120 Å². The van der Waals surface area contributed by atoms with Gasteiger partial charge in [-0.25, -0.2) is 4.79 Å². The molecule has 1 aromatic carbocycles. The van der Waals surface area contributed by atoms with Crippen molar-refractivity contribution in [3.63, 3.8) is 0 Å². The molecule has 0 spiro atoms. The van der Waals surface area contributed by atoms with Crippen LogP contribution in [0.25, 0.3) is 0 Å². The first-order valence-corrected chi connectivity index (χ1v) is 6.79. The number of fused-ring (bicyclic) bond motifs is 1. The number of carbonyl (C=O) groups is 1. The molecule has 0 aliphatic carbocycles. The first kappa shape index (κ1) is 13.4. The predicted octanol–water partition coefficient (Wildman–Crippen LogP) is 0.191. The highest BCUT2D eigenvalue weighted by atomic mass is 16.2. The van der Waals surface area contributed by atoms with E-state index in [4.69, 9.17) is 0 Å². The number of amides is 1. The fourth-order valence-corrected chi connectivity index (χ4v) is 2.60. The van der Waals surface area contributed by atoms with E-state index in [0.717, 1.165) is 12.0 Å². The molecule has 6 heteroatoms. The van der Waals surface area contributed by atoms with Crippen molar-refractivity contribution in [3.05, 3.63) is 68.0 Å². The number of nitrogens with zero attached hydrogens (tertiary/aromatic N) is 1. The summed E-state index contributed by atoms with van der Waals surface area (Å²) in [6.45, 7) is 1.23. The smallest absolute Gasteiger partial charge is 0.325 e. The maximum absolute atomic E-state index is 12.3. The number of aromatic nitrogens is 2. The second kappa shape index (κ2) is 5.40. The maximum atomic E-state index is 12.3. The molecule has 1 aliphatic rings. The van der Waals surface area contributed by atoms with E-state index in [1.54, 1.807) is 4.90 Å². The van der Waals surface area contributed by atoms with Crippen molar-refractivity contribution >= 4 is 5.91 Å². The zero-order chi connectivity index (χ0) is 14.8. The molecule has 0 atom stereocenters. The van der Waals surface area contributed by atoms with E-state index in [2.05, 4.69) is 16.0 Å². The number of aromatic amines is 2. The number of rotatable bonds is 2. The summed E-state index contributed by atoms with van der Waals surface area (Å²) < 4.78 is 0. The molecule has 1 amide bonds. The number of H-pyrrole nitrogens is 2. The number of hydrogen-bond acceptors (Lipinski definition) is 3. The SMILES string of the molecule is O=C(Cc1cc(=O)[nH]c(=O)[nH]1)N1CCc2ccccc2C1. The van der Waals surface area contributed by atoms with Crippen molar-refractivity contribution < 1.29 is 4.79 Å². The van der Waals surface area contributed by atoms with Crippen molar-refractivity contribution in [1.29, 1.82) is 0 Å². The van der Waals surface area contributed by atoms with Crippen LogP contribution in [0.1, 0.15) is 16.8 Å². The minimum absolute atomic E-state index is 0.0291. The largest absolute Gasteiger partial charge is 0.338 e. The highest BCUT2D eigenvalue weighted by Gasteiger charge is 2.20. The monoisotopic (exact) mass is 285 g/mol. The van der Waals surface area contributed by atoms with Crippen LogP contribution in [0.5, 0.6) is 0 Å². The summed E-state index contributed by atoms with van der Waals surface area (Å²) >= 11 is 0. The molecule has 0 radical (unpaired) electrons. The Kier molecular flexibility index (Phi) is 3.43. The van der Waals surface area contributed by atoms with Crippen LogP contribution in [0.2, 0.25) is 0 Å². The third-order valence-electron chi connectivity index (χ3n) is 3.64. The first-order chi connectivity index (χ1) is 10.1. The molecule has 3 rings (SSSR count). The normalized spacial score (nSPS) is 13.8. The van der Waals surface area contributed by atoms with Crippen LogP contribution in [-0.4, -0.2) is 27.3 Å². The number of hydrogen-bond donors (Lipinski definition) is 2. The molecule has 6 nitrogen and oxygen atoms in total. The molecule has 2 heterocycles. The van der Waals surface area contributed by atoms with E-state index in [1.807, 2.05) is 18.2 Å². The Bertz CT molecular complexity index is 763. The summed E-state index contributed by atoms with van der Waals surface area (Å²) in [4.78, 5) is 41.0.